The van der Waals surface area contributed by atoms with Crippen LogP contribution in [-0.2, 0) is 11.2 Å². The monoisotopic (exact) mass is 233 g/mol. The number of alkyl carbamates (subject to hydrolysis) is 1. The summed E-state index contributed by atoms with van der Waals surface area (Å²) in [5.41, 5.74) is 1.19. The van der Waals surface area contributed by atoms with Crippen molar-refractivity contribution in [2.24, 2.45) is 0 Å². The number of hydrogen-bond donors (Lipinski definition) is 1. The molecule has 92 valence electrons. The van der Waals surface area contributed by atoms with Crippen LogP contribution in [-0.4, -0.2) is 18.7 Å². The molecule has 0 radical (unpaired) electrons. The average Bonchev–Trinajstić information content (AvgIpc) is 2.31. The predicted molar refractivity (Wildman–Crippen MR) is 68.9 cm³/mol. The molecule has 1 aromatic rings. The van der Waals surface area contributed by atoms with E-state index in [2.05, 4.69) is 11.9 Å². The van der Waals surface area contributed by atoms with Crippen molar-refractivity contribution < 1.29 is 9.53 Å². The summed E-state index contributed by atoms with van der Waals surface area (Å²) < 4.78 is 4.87. The van der Waals surface area contributed by atoms with E-state index in [0.29, 0.717) is 6.61 Å². The minimum atomic E-state index is -0.365. The van der Waals surface area contributed by atoms with Gasteiger partial charge < -0.3 is 10.1 Å². The SMILES string of the molecule is C=CC[C@H](Cc1ccccc1)NC(=O)OCC. The fourth-order valence-electron chi connectivity index (χ4n) is 1.63. The molecule has 0 bridgehead atoms. The fourth-order valence-corrected chi connectivity index (χ4v) is 1.63. The molecule has 1 aromatic carbocycles. The zero-order valence-corrected chi connectivity index (χ0v) is 10.2. The van der Waals surface area contributed by atoms with Gasteiger partial charge in [0.05, 0.1) is 6.61 Å². The van der Waals surface area contributed by atoms with Crippen LogP contribution in [0.15, 0.2) is 43.0 Å². The number of carbonyl (C=O) groups is 1. The molecule has 3 heteroatoms. The van der Waals surface area contributed by atoms with E-state index in [1.54, 1.807) is 13.0 Å². The summed E-state index contributed by atoms with van der Waals surface area (Å²) in [5, 5.41) is 2.83. The lowest BCUT2D eigenvalue weighted by Gasteiger charge is -2.16. The molecule has 0 spiro atoms. The summed E-state index contributed by atoms with van der Waals surface area (Å²) in [7, 11) is 0. The maximum Gasteiger partial charge on any atom is 0.407 e. The van der Waals surface area contributed by atoms with Gasteiger partial charge >= 0.3 is 6.09 Å². The Hall–Kier alpha value is -1.77. The summed E-state index contributed by atoms with van der Waals surface area (Å²) in [5.74, 6) is 0. The third-order valence-corrected chi connectivity index (χ3v) is 2.37. The van der Waals surface area contributed by atoms with Crippen LogP contribution >= 0.6 is 0 Å². The van der Waals surface area contributed by atoms with Crippen molar-refractivity contribution in [2.75, 3.05) is 6.61 Å². The molecular formula is C14H19NO2. The van der Waals surface area contributed by atoms with E-state index in [1.165, 1.54) is 5.56 Å². The number of carbonyl (C=O) groups excluding carboxylic acids is 1. The van der Waals surface area contributed by atoms with Crippen molar-refractivity contribution in [3.63, 3.8) is 0 Å². The second-order valence-electron chi connectivity index (χ2n) is 3.78. The Morgan fingerprint density at radius 1 is 1.47 bits per heavy atom. The van der Waals surface area contributed by atoms with E-state index in [1.807, 2.05) is 30.3 Å². The summed E-state index contributed by atoms with van der Waals surface area (Å²) >= 11 is 0. The van der Waals surface area contributed by atoms with Crippen LogP contribution in [0.25, 0.3) is 0 Å². The summed E-state index contributed by atoms with van der Waals surface area (Å²) in [6.07, 6.45) is 2.95. The standard InChI is InChI=1S/C14H19NO2/c1-3-8-13(15-14(16)17-4-2)11-12-9-6-5-7-10-12/h3,5-7,9-10,13H,1,4,8,11H2,2H3,(H,15,16)/t13-/m1/s1. The van der Waals surface area contributed by atoms with Crippen LogP contribution in [0.2, 0.25) is 0 Å². The molecule has 0 aliphatic carbocycles. The van der Waals surface area contributed by atoms with Crippen LogP contribution in [0.5, 0.6) is 0 Å². The smallest absolute Gasteiger partial charge is 0.407 e. The van der Waals surface area contributed by atoms with Crippen LogP contribution < -0.4 is 5.32 Å². The summed E-state index contributed by atoms with van der Waals surface area (Å²) in [6, 6.07) is 10.1. The van der Waals surface area contributed by atoms with E-state index in [0.717, 1.165) is 12.8 Å². The lowest BCUT2D eigenvalue weighted by Crippen LogP contribution is -2.36. The summed E-state index contributed by atoms with van der Waals surface area (Å²) in [6.45, 7) is 5.88. The second kappa shape index (κ2) is 7.49. The molecule has 1 rings (SSSR count). The Morgan fingerprint density at radius 2 is 2.18 bits per heavy atom. The third kappa shape index (κ3) is 5.20. The maximum absolute atomic E-state index is 11.4. The summed E-state index contributed by atoms with van der Waals surface area (Å²) in [4.78, 5) is 11.4. The lowest BCUT2D eigenvalue weighted by molar-refractivity contribution is 0.148. The zero-order chi connectivity index (χ0) is 12.5. The quantitative estimate of drug-likeness (QED) is 0.767. The molecule has 0 aliphatic rings. The van der Waals surface area contributed by atoms with Gasteiger partial charge in [-0.05, 0) is 25.3 Å². The van der Waals surface area contributed by atoms with E-state index in [-0.39, 0.29) is 12.1 Å². The molecule has 1 amide bonds. The molecule has 1 N–H and O–H groups in total. The Kier molecular flexibility index (Phi) is 5.86. The molecule has 0 saturated heterocycles. The first-order chi connectivity index (χ1) is 8.26. The van der Waals surface area contributed by atoms with Crippen LogP contribution in [0, 0.1) is 0 Å². The number of nitrogens with one attached hydrogen (secondary N) is 1. The Labute approximate surface area is 102 Å². The van der Waals surface area contributed by atoms with Gasteiger partial charge in [0.1, 0.15) is 0 Å². The second-order valence-corrected chi connectivity index (χ2v) is 3.78. The van der Waals surface area contributed by atoms with Gasteiger partial charge in [-0.1, -0.05) is 36.4 Å². The number of benzene rings is 1. The van der Waals surface area contributed by atoms with Crippen LogP contribution in [0.4, 0.5) is 4.79 Å². The van der Waals surface area contributed by atoms with Crippen molar-refractivity contribution >= 4 is 6.09 Å². The molecule has 1 atom stereocenters. The molecule has 0 saturated carbocycles. The first-order valence-electron chi connectivity index (χ1n) is 5.84. The van der Waals surface area contributed by atoms with Gasteiger partial charge in [-0.15, -0.1) is 6.58 Å². The molecule has 3 nitrogen and oxygen atoms in total. The highest BCUT2D eigenvalue weighted by Gasteiger charge is 2.11. The number of amides is 1. The predicted octanol–water partition coefficient (Wildman–Crippen LogP) is 2.92. The normalized spacial score (nSPS) is 11.6. The Morgan fingerprint density at radius 3 is 2.76 bits per heavy atom. The minimum absolute atomic E-state index is 0.0361. The fraction of sp³-hybridized carbons (Fsp3) is 0.357. The van der Waals surface area contributed by atoms with E-state index in [4.69, 9.17) is 4.74 Å². The average molecular weight is 233 g/mol. The van der Waals surface area contributed by atoms with E-state index < -0.39 is 0 Å². The molecule has 0 unspecified atom stereocenters. The Balaban J connectivity index is 2.54. The molecule has 0 fully saturated rings. The van der Waals surface area contributed by atoms with Gasteiger partial charge in [0, 0.05) is 6.04 Å². The van der Waals surface area contributed by atoms with Crippen LogP contribution in [0.3, 0.4) is 0 Å². The van der Waals surface area contributed by atoms with Gasteiger partial charge in [-0.2, -0.15) is 0 Å². The first-order valence-corrected chi connectivity index (χ1v) is 5.84. The van der Waals surface area contributed by atoms with Crippen molar-refractivity contribution in [3.8, 4) is 0 Å². The number of hydrogen-bond acceptors (Lipinski definition) is 2. The highest BCUT2D eigenvalue weighted by molar-refractivity contribution is 5.67. The molecular weight excluding hydrogens is 214 g/mol. The van der Waals surface area contributed by atoms with Gasteiger partial charge in [0.25, 0.3) is 0 Å². The maximum atomic E-state index is 11.4. The van der Waals surface area contributed by atoms with E-state index >= 15 is 0 Å². The lowest BCUT2D eigenvalue weighted by atomic mass is 10.0. The van der Waals surface area contributed by atoms with Gasteiger partial charge in [0.2, 0.25) is 0 Å². The van der Waals surface area contributed by atoms with Crippen molar-refractivity contribution in [1.82, 2.24) is 5.32 Å². The molecule has 0 aliphatic heterocycles. The molecule has 0 aromatic heterocycles. The van der Waals surface area contributed by atoms with Gasteiger partial charge in [-0.3, -0.25) is 0 Å². The highest BCUT2D eigenvalue weighted by atomic mass is 16.5. The van der Waals surface area contributed by atoms with Crippen molar-refractivity contribution in [2.45, 2.75) is 25.8 Å². The van der Waals surface area contributed by atoms with Gasteiger partial charge in [0.15, 0.2) is 0 Å². The topological polar surface area (TPSA) is 38.3 Å². The highest BCUT2D eigenvalue weighted by Crippen LogP contribution is 2.06. The largest absolute Gasteiger partial charge is 0.450 e. The molecule has 0 heterocycles. The van der Waals surface area contributed by atoms with Crippen molar-refractivity contribution in [1.29, 1.82) is 0 Å². The zero-order valence-electron chi connectivity index (χ0n) is 10.2. The first kappa shape index (κ1) is 13.3. The van der Waals surface area contributed by atoms with Gasteiger partial charge in [-0.25, -0.2) is 4.79 Å². The minimum Gasteiger partial charge on any atom is -0.450 e. The number of ether oxygens (including phenoxy) is 1. The van der Waals surface area contributed by atoms with Crippen LogP contribution in [0.1, 0.15) is 18.9 Å². The third-order valence-electron chi connectivity index (χ3n) is 2.37. The molecule has 17 heavy (non-hydrogen) atoms. The van der Waals surface area contributed by atoms with Crippen molar-refractivity contribution in [3.05, 3.63) is 48.6 Å². The number of rotatable bonds is 6. The van der Waals surface area contributed by atoms with E-state index in [9.17, 15) is 4.79 Å². The Bertz CT molecular complexity index is 348.